The molecule has 1 unspecified atom stereocenters. The molecule has 1 aliphatic heterocycles. The monoisotopic (exact) mass is 156 g/mol. The minimum Gasteiger partial charge on any atom is -0.375 e. The molecule has 0 bridgehead atoms. The van der Waals surface area contributed by atoms with Gasteiger partial charge in [-0.1, -0.05) is 20.8 Å². The van der Waals surface area contributed by atoms with Crippen LogP contribution in [0.15, 0.2) is 0 Å². The largest absolute Gasteiger partial charge is 0.375 e. The number of rotatable bonds is 0. The third-order valence-electron chi connectivity index (χ3n) is 3.03. The summed E-state index contributed by atoms with van der Waals surface area (Å²) >= 11 is 0. The van der Waals surface area contributed by atoms with Gasteiger partial charge in [0.2, 0.25) is 0 Å². The molecule has 1 nitrogen and oxygen atoms in total. The van der Waals surface area contributed by atoms with E-state index in [1.54, 1.807) is 0 Å². The molecule has 1 heteroatoms. The zero-order valence-electron chi connectivity index (χ0n) is 8.02. The Bertz CT molecular complexity index is 114. The maximum atomic E-state index is 5.69. The molecule has 1 saturated heterocycles. The van der Waals surface area contributed by atoms with Gasteiger partial charge < -0.3 is 4.74 Å². The zero-order chi connectivity index (χ0) is 8.32. The van der Waals surface area contributed by atoms with Gasteiger partial charge in [0.05, 0.1) is 5.60 Å². The van der Waals surface area contributed by atoms with E-state index >= 15 is 0 Å². The number of ether oxygens (including phenoxy) is 1. The molecule has 2 atom stereocenters. The van der Waals surface area contributed by atoms with Crippen molar-refractivity contribution >= 4 is 0 Å². The van der Waals surface area contributed by atoms with Crippen molar-refractivity contribution in [3.8, 4) is 0 Å². The lowest BCUT2D eigenvalue weighted by molar-refractivity contribution is -0.102. The topological polar surface area (TPSA) is 9.23 Å². The molecule has 66 valence electrons. The smallest absolute Gasteiger partial charge is 0.0708 e. The Morgan fingerprint density at radius 1 is 1.27 bits per heavy atom. The molecular formula is C10H20O. The van der Waals surface area contributed by atoms with Gasteiger partial charge in [0.25, 0.3) is 0 Å². The predicted molar refractivity (Wildman–Crippen MR) is 47.7 cm³/mol. The molecule has 2 aliphatic rings. The van der Waals surface area contributed by atoms with E-state index in [9.17, 15) is 0 Å². The normalized spacial score (nSPS) is 41.2. The van der Waals surface area contributed by atoms with Crippen LogP contribution in [0.3, 0.4) is 0 Å². The summed E-state index contributed by atoms with van der Waals surface area (Å²) in [6.07, 6.45) is 5.34. The summed E-state index contributed by atoms with van der Waals surface area (Å²) in [5, 5.41) is 0. The molecule has 1 heterocycles. The summed E-state index contributed by atoms with van der Waals surface area (Å²) < 4.78 is 5.69. The Balaban J connectivity index is 0.000000281. The summed E-state index contributed by atoms with van der Waals surface area (Å²) in [5.74, 6) is 0.847. The second-order valence-electron chi connectivity index (χ2n) is 3.46. The fraction of sp³-hybridized carbons (Fsp3) is 1.00. The first-order valence-corrected chi connectivity index (χ1v) is 4.97. The second-order valence-corrected chi connectivity index (χ2v) is 3.46. The van der Waals surface area contributed by atoms with Gasteiger partial charge in [0.1, 0.15) is 0 Å². The quantitative estimate of drug-likeness (QED) is 0.524. The lowest BCUT2D eigenvalue weighted by atomic mass is 9.69. The minimum absolute atomic E-state index is 0.375. The van der Waals surface area contributed by atoms with E-state index < -0.39 is 0 Å². The molecule has 0 radical (unpaired) electrons. The second kappa shape index (κ2) is 3.57. The van der Waals surface area contributed by atoms with Gasteiger partial charge in [0, 0.05) is 6.61 Å². The van der Waals surface area contributed by atoms with E-state index in [4.69, 9.17) is 4.74 Å². The molecule has 2 rings (SSSR count). The van der Waals surface area contributed by atoms with Gasteiger partial charge in [-0.2, -0.15) is 0 Å². The predicted octanol–water partition coefficient (Wildman–Crippen LogP) is 2.99. The third-order valence-corrected chi connectivity index (χ3v) is 3.03. The van der Waals surface area contributed by atoms with Crippen LogP contribution in [-0.2, 0) is 4.74 Å². The molecule has 1 aliphatic carbocycles. The van der Waals surface area contributed by atoms with Crippen LogP contribution in [0.5, 0.6) is 0 Å². The number of hydrogen-bond acceptors (Lipinski definition) is 1. The molecule has 0 aromatic rings. The van der Waals surface area contributed by atoms with Crippen LogP contribution in [0.4, 0.5) is 0 Å². The van der Waals surface area contributed by atoms with E-state index in [1.165, 1.54) is 25.7 Å². The molecule has 0 amide bonds. The highest BCUT2D eigenvalue weighted by Gasteiger charge is 2.46. The zero-order valence-corrected chi connectivity index (χ0v) is 8.02. The highest BCUT2D eigenvalue weighted by molar-refractivity contribution is 4.97. The number of hydrogen-bond donors (Lipinski definition) is 0. The van der Waals surface area contributed by atoms with Crippen molar-refractivity contribution in [2.24, 2.45) is 5.92 Å². The Hall–Kier alpha value is -0.0400. The van der Waals surface area contributed by atoms with Crippen molar-refractivity contribution in [3.63, 3.8) is 0 Å². The Morgan fingerprint density at radius 2 is 2.00 bits per heavy atom. The maximum absolute atomic E-state index is 5.69. The van der Waals surface area contributed by atoms with Crippen LogP contribution >= 0.6 is 0 Å². The van der Waals surface area contributed by atoms with E-state index in [1.807, 2.05) is 13.8 Å². The summed E-state index contributed by atoms with van der Waals surface area (Å²) in [6.45, 7) is 7.33. The molecule has 0 aromatic carbocycles. The van der Waals surface area contributed by atoms with Crippen LogP contribution in [0.2, 0.25) is 0 Å². The highest BCUT2D eigenvalue weighted by Crippen LogP contribution is 2.47. The molecular weight excluding hydrogens is 136 g/mol. The van der Waals surface area contributed by atoms with E-state index in [0.717, 1.165) is 12.5 Å². The third kappa shape index (κ3) is 1.44. The van der Waals surface area contributed by atoms with Gasteiger partial charge >= 0.3 is 0 Å². The fourth-order valence-corrected chi connectivity index (χ4v) is 2.06. The van der Waals surface area contributed by atoms with Crippen LogP contribution in [0, 0.1) is 5.92 Å². The minimum atomic E-state index is 0.375. The van der Waals surface area contributed by atoms with E-state index in [-0.39, 0.29) is 0 Å². The highest BCUT2D eigenvalue weighted by atomic mass is 16.5. The van der Waals surface area contributed by atoms with Gasteiger partial charge in [0.15, 0.2) is 0 Å². The molecule has 11 heavy (non-hydrogen) atoms. The van der Waals surface area contributed by atoms with Gasteiger partial charge in [-0.25, -0.2) is 0 Å². The maximum Gasteiger partial charge on any atom is 0.0708 e. The Kier molecular flexibility index (Phi) is 2.94. The van der Waals surface area contributed by atoms with Crippen molar-refractivity contribution in [2.75, 3.05) is 6.61 Å². The molecule has 0 aromatic heterocycles. The summed E-state index contributed by atoms with van der Waals surface area (Å²) in [6, 6.07) is 0. The Labute approximate surface area is 70.1 Å². The van der Waals surface area contributed by atoms with Crippen molar-refractivity contribution in [3.05, 3.63) is 0 Å². The molecule has 1 saturated carbocycles. The molecule has 1 spiro atoms. The van der Waals surface area contributed by atoms with Crippen molar-refractivity contribution in [1.82, 2.24) is 0 Å². The molecule has 0 N–H and O–H groups in total. The first-order valence-electron chi connectivity index (χ1n) is 4.97. The summed E-state index contributed by atoms with van der Waals surface area (Å²) in [4.78, 5) is 0. The first-order chi connectivity index (χ1) is 5.33. The van der Waals surface area contributed by atoms with E-state index in [2.05, 4.69) is 6.92 Å². The van der Waals surface area contributed by atoms with Gasteiger partial charge in [-0.3, -0.25) is 0 Å². The summed E-state index contributed by atoms with van der Waals surface area (Å²) in [5.41, 5.74) is 0.375. The fourth-order valence-electron chi connectivity index (χ4n) is 2.06. The van der Waals surface area contributed by atoms with Crippen molar-refractivity contribution < 1.29 is 4.74 Å². The van der Waals surface area contributed by atoms with Crippen LogP contribution in [0.25, 0.3) is 0 Å². The lowest BCUT2D eigenvalue weighted by Gasteiger charge is -2.44. The van der Waals surface area contributed by atoms with Crippen LogP contribution in [-0.4, -0.2) is 12.2 Å². The average Bonchev–Trinajstić information content (AvgIpc) is 2.56. The summed E-state index contributed by atoms with van der Waals surface area (Å²) in [7, 11) is 0. The standard InChI is InChI=1S/C8H14O.C2H6/c1-7-3-5-8(7)4-2-6-9-8;1-2/h7H,2-6H2,1H3;1-2H3/t7?,8-;/m0./s1. The lowest BCUT2D eigenvalue weighted by Crippen LogP contribution is -2.44. The van der Waals surface area contributed by atoms with Crippen LogP contribution in [0.1, 0.15) is 46.5 Å². The molecule has 2 fully saturated rings. The van der Waals surface area contributed by atoms with Gasteiger partial charge in [-0.15, -0.1) is 0 Å². The Morgan fingerprint density at radius 3 is 2.18 bits per heavy atom. The van der Waals surface area contributed by atoms with Crippen molar-refractivity contribution in [1.29, 1.82) is 0 Å². The first kappa shape index (κ1) is 9.05. The van der Waals surface area contributed by atoms with E-state index in [0.29, 0.717) is 5.60 Å². The average molecular weight is 156 g/mol. The van der Waals surface area contributed by atoms with Crippen LogP contribution < -0.4 is 0 Å². The van der Waals surface area contributed by atoms with Crippen molar-refractivity contribution in [2.45, 2.75) is 52.1 Å². The van der Waals surface area contributed by atoms with Gasteiger partial charge in [-0.05, 0) is 31.6 Å². The SMILES string of the molecule is CC.CC1CC[C@@]12CCCO2.